The Hall–Kier alpha value is -2.12. The van der Waals surface area contributed by atoms with Gasteiger partial charge in [0.15, 0.2) is 6.10 Å². The fourth-order valence-corrected chi connectivity index (χ4v) is 1.72. The zero-order chi connectivity index (χ0) is 15.1. The first-order valence-electron chi connectivity index (χ1n) is 5.98. The van der Waals surface area contributed by atoms with Gasteiger partial charge in [-0.2, -0.15) is 0 Å². The molecule has 0 aliphatic rings. The molecule has 7 heteroatoms. The van der Waals surface area contributed by atoms with Crippen LogP contribution in [-0.2, 0) is 16.1 Å². The molecule has 0 aliphatic heterocycles. The van der Waals surface area contributed by atoms with E-state index in [-0.39, 0.29) is 6.42 Å². The van der Waals surface area contributed by atoms with Crippen molar-refractivity contribution in [2.24, 2.45) is 0 Å². The highest BCUT2D eigenvalue weighted by molar-refractivity contribution is 5.81. The molecule has 0 aromatic heterocycles. The fraction of sp³-hybridized carbons (Fsp3) is 0.385. The van der Waals surface area contributed by atoms with Crippen molar-refractivity contribution < 1.29 is 24.6 Å². The van der Waals surface area contributed by atoms with Crippen LogP contribution in [0.5, 0.6) is 0 Å². The lowest BCUT2D eigenvalue weighted by Crippen LogP contribution is -2.51. The van der Waals surface area contributed by atoms with Crippen molar-refractivity contribution in [3.8, 4) is 0 Å². The van der Waals surface area contributed by atoms with E-state index in [1.807, 2.05) is 6.07 Å². The maximum atomic E-state index is 11.8. The maximum Gasteiger partial charge on any atom is 0.404 e. The van der Waals surface area contributed by atoms with E-state index in [0.717, 1.165) is 10.6 Å². The second-order valence-electron chi connectivity index (χ2n) is 4.21. The molecule has 110 valence electrons. The first-order chi connectivity index (χ1) is 9.45. The van der Waals surface area contributed by atoms with Gasteiger partial charge in [0.2, 0.25) is 0 Å². The summed E-state index contributed by atoms with van der Waals surface area (Å²) in [4.78, 5) is 27.3. The summed E-state index contributed by atoms with van der Waals surface area (Å²) in [6.45, 7) is 0. The van der Waals surface area contributed by atoms with Crippen LogP contribution in [0.15, 0.2) is 30.3 Å². The molecule has 0 spiro atoms. The van der Waals surface area contributed by atoms with E-state index in [1.165, 1.54) is 14.2 Å². The smallest absolute Gasteiger partial charge is 0.404 e. The highest BCUT2D eigenvalue weighted by Gasteiger charge is 2.30. The second kappa shape index (κ2) is 7.46. The number of amides is 2. The van der Waals surface area contributed by atoms with E-state index >= 15 is 0 Å². The standard InChI is InChI=1S/C13H18N2O5/c1-15(20-2)12(17)11(16)10(14-13(18)19)8-9-6-4-3-5-7-9/h3-7,10-11,14,16H,8H2,1-2H3,(H,18,19)/t10-,11?/m0/s1. The van der Waals surface area contributed by atoms with Crippen molar-refractivity contribution in [1.82, 2.24) is 10.4 Å². The third-order valence-electron chi connectivity index (χ3n) is 2.83. The number of rotatable bonds is 6. The van der Waals surface area contributed by atoms with Crippen LogP contribution in [0.1, 0.15) is 5.56 Å². The van der Waals surface area contributed by atoms with Crippen LogP contribution in [0.25, 0.3) is 0 Å². The Morgan fingerprint density at radius 1 is 1.35 bits per heavy atom. The number of carbonyl (C=O) groups is 2. The zero-order valence-electron chi connectivity index (χ0n) is 11.3. The highest BCUT2D eigenvalue weighted by Crippen LogP contribution is 2.08. The van der Waals surface area contributed by atoms with E-state index in [2.05, 4.69) is 10.2 Å². The summed E-state index contributed by atoms with van der Waals surface area (Å²) in [6.07, 6.45) is -2.65. The number of nitrogens with zero attached hydrogens (tertiary/aromatic N) is 1. The molecule has 2 amide bonds. The number of hydroxylamine groups is 2. The number of aliphatic hydroxyl groups excluding tert-OH is 1. The number of benzene rings is 1. The summed E-state index contributed by atoms with van der Waals surface area (Å²) in [5.41, 5.74) is 0.804. The van der Waals surface area contributed by atoms with E-state index in [0.29, 0.717) is 0 Å². The molecule has 0 bridgehead atoms. The molecule has 7 nitrogen and oxygen atoms in total. The number of hydrogen-bond donors (Lipinski definition) is 3. The quantitative estimate of drug-likeness (QED) is 0.649. The summed E-state index contributed by atoms with van der Waals surface area (Å²) in [5.74, 6) is -0.720. The van der Waals surface area contributed by atoms with Gasteiger partial charge in [-0.1, -0.05) is 30.3 Å². The molecule has 20 heavy (non-hydrogen) atoms. The number of carboxylic acid groups (broad SMARTS) is 1. The Morgan fingerprint density at radius 3 is 2.45 bits per heavy atom. The monoisotopic (exact) mass is 282 g/mol. The molecule has 1 rings (SSSR count). The van der Waals surface area contributed by atoms with Gasteiger partial charge >= 0.3 is 6.09 Å². The Kier molecular flexibility index (Phi) is 5.95. The molecule has 1 aromatic rings. The average Bonchev–Trinajstić information content (AvgIpc) is 2.44. The minimum Gasteiger partial charge on any atom is -0.465 e. The van der Waals surface area contributed by atoms with Gasteiger partial charge < -0.3 is 15.5 Å². The van der Waals surface area contributed by atoms with Gasteiger partial charge in [-0.05, 0) is 12.0 Å². The lowest BCUT2D eigenvalue weighted by atomic mass is 10.0. The molecule has 0 heterocycles. The summed E-state index contributed by atoms with van der Waals surface area (Å²) < 4.78 is 0. The number of likely N-dealkylation sites (N-methyl/N-ethyl adjacent to an activating group) is 1. The van der Waals surface area contributed by atoms with Gasteiger partial charge in [0.05, 0.1) is 13.2 Å². The van der Waals surface area contributed by atoms with Crippen molar-refractivity contribution in [1.29, 1.82) is 0 Å². The van der Waals surface area contributed by atoms with E-state index < -0.39 is 24.1 Å². The Labute approximate surface area is 116 Å². The minimum absolute atomic E-state index is 0.192. The van der Waals surface area contributed by atoms with Crippen molar-refractivity contribution in [3.63, 3.8) is 0 Å². The van der Waals surface area contributed by atoms with Gasteiger partial charge in [0.1, 0.15) is 0 Å². The van der Waals surface area contributed by atoms with Crippen LogP contribution in [0, 0.1) is 0 Å². The maximum absolute atomic E-state index is 11.8. The summed E-state index contributed by atoms with van der Waals surface area (Å²) in [5, 5.41) is 21.8. The van der Waals surface area contributed by atoms with E-state index in [4.69, 9.17) is 5.11 Å². The summed E-state index contributed by atoms with van der Waals surface area (Å²) in [6, 6.07) is 8.02. The number of aliphatic hydroxyl groups is 1. The van der Waals surface area contributed by atoms with Gasteiger partial charge in [0.25, 0.3) is 5.91 Å². The first kappa shape index (κ1) is 15.9. The Bertz CT molecular complexity index is 451. The molecule has 1 unspecified atom stereocenters. The van der Waals surface area contributed by atoms with Gasteiger partial charge in [-0.3, -0.25) is 9.63 Å². The third-order valence-corrected chi connectivity index (χ3v) is 2.83. The zero-order valence-corrected chi connectivity index (χ0v) is 11.3. The summed E-state index contributed by atoms with van der Waals surface area (Å²) >= 11 is 0. The van der Waals surface area contributed by atoms with Gasteiger partial charge in [0, 0.05) is 7.05 Å². The van der Waals surface area contributed by atoms with Crippen LogP contribution in [-0.4, -0.2) is 53.6 Å². The SMILES string of the molecule is CON(C)C(=O)C(O)[C@H](Cc1ccccc1)NC(=O)O. The second-order valence-corrected chi connectivity index (χ2v) is 4.21. The van der Waals surface area contributed by atoms with Crippen LogP contribution >= 0.6 is 0 Å². The molecule has 3 N–H and O–H groups in total. The predicted molar refractivity (Wildman–Crippen MR) is 70.9 cm³/mol. The average molecular weight is 282 g/mol. The molecular weight excluding hydrogens is 264 g/mol. The van der Waals surface area contributed by atoms with Gasteiger partial charge in [-0.25, -0.2) is 9.86 Å². The number of carbonyl (C=O) groups excluding carboxylic acids is 1. The highest BCUT2D eigenvalue weighted by atomic mass is 16.7. The normalized spacial score (nSPS) is 13.3. The minimum atomic E-state index is -1.53. The largest absolute Gasteiger partial charge is 0.465 e. The topological polar surface area (TPSA) is 99.1 Å². The van der Waals surface area contributed by atoms with Crippen LogP contribution < -0.4 is 5.32 Å². The third kappa shape index (κ3) is 4.52. The Morgan fingerprint density at radius 2 is 1.95 bits per heavy atom. The van der Waals surface area contributed by atoms with Crippen molar-refractivity contribution in [2.45, 2.75) is 18.6 Å². The molecule has 2 atom stereocenters. The molecule has 0 radical (unpaired) electrons. The molecule has 0 saturated carbocycles. The molecule has 1 aromatic carbocycles. The number of nitrogens with one attached hydrogen (secondary N) is 1. The molecule has 0 fully saturated rings. The van der Waals surface area contributed by atoms with Crippen LogP contribution in [0.3, 0.4) is 0 Å². The number of hydrogen-bond acceptors (Lipinski definition) is 4. The Balaban J connectivity index is 2.83. The summed E-state index contributed by atoms with van der Waals surface area (Å²) in [7, 11) is 2.62. The van der Waals surface area contributed by atoms with Crippen LogP contribution in [0.4, 0.5) is 4.79 Å². The van der Waals surface area contributed by atoms with Crippen molar-refractivity contribution >= 4 is 12.0 Å². The molecular formula is C13H18N2O5. The van der Waals surface area contributed by atoms with E-state index in [1.54, 1.807) is 24.3 Å². The predicted octanol–water partition coefficient (Wildman–Crippen LogP) is 0.246. The van der Waals surface area contributed by atoms with Crippen molar-refractivity contribution in [3.05, 3.63) is 35.9 Å². The molecule has 0 saturated heterocycles. The lowest BCUT2D eigenvalue weighted by molar-refractivity contribution is -0.179. The lowest BCUT2D eigenvalue weighted by Gasteiger charge is -2.25. The fourth-order valence-electron chi connectivity index (χ4n) is 1.72. The first-order valence-corrected chi connectivity index (χ1v) is 5.98. The van der Waals surface area contributed by atoms with E-state index in [9.17, 15) is 14.7 Å². The van der Waals surface area contributed by atoms with Gasteiger partial charge in [-0.15, -0.1) is 0 Å². The van der Waals surface area contributed by atoms with Crippen LogP contribution in [0.2, 0.25) is 0 Å². The van der Waals surface area contributed by atoms with Crippen molar-refractivity contribution in [2.75, 3.05) is 14.2 Å². The molecule has 0 aliphatic carbocycles.